The molecule has 0 radical (unpaired) electrons. The fraction of sp³-hybridized carbons (Fsp3) is 0.909. The summed E-state index contributed by atoms with van der Waals surface area (Å²) in [4.78, 5) is 38.4. The average Bonchev–Trinajstić information content (AvgIpc) is 3.49. The fourth-order valence-electron chi connectivity index (χ4n) is 11.7. The SMILES string of the molecule is CCC/C=C\CCCCCCCC(=O)OCC(COC(=O)CCCCCCCCCCCCCCCCCCCCCCCCCCCCCCCCCC)OC(=O)CCCCCCCCCCCCC/C=C\CCCCCCCCCC. The van der Waals surface area contributed by atoms with E-state index in [9.17, 15) is 14.4 Å². The summed E-state index contributed by atoms with van der Waals surface area (Å²) in [6.07, 6.45) is 89.7. The highest BCUT2D eigenvalue weighted by atomic mass is 16.6. The van der Waals surface area contributed by atoms with Crippen molar-refractivity contribution < 1.29 is 28.6 Å². The molecule has 0 fully saturated rings. The molecule has 0 amide bonds. The summed E-state index contributed by atoms with van der Waals surface area (Å²) in [6, 6.07) is 0. The first-order chi connectivity index (χ1) is 41.0. The Hall–Kier alpha value is -2.11. The molecule has 1 atom stereocenters. The number of unbranched alkanes of at least 4 members (excludes halogenated alkanes) is 56. The zero-order valence-corrected chi connectivity index (χ0v) is 56.5. The highest BCUT2D eigenvalue weighted by Gasteiger charge is 2.20. The number of hydrogen-bond donors (Lipinski definition) is 0. The van der Waals surface area contributed by atoms with Gasteiger partial charge in [-0.25, -0.2) is 0 Å². The van der Waals surface area contributed by atoms with Gasteiger partial charge in [-0.3, -0.25) is 14.4 Å². The zero-order valence-electron chi connectivity index (χ0n) is 56.5. The molecule has 6 nitrogen and oxygen atoms in total. The Morgan fingerprint density at radius 1 is 0.229 bits per heavy atom. The molecule has 83 heavy (non-hydrogen) atoms. The maximum Gasteiger partial charge on any atom is 0.306 e. The molecule has 0 aromatic carbocycles. The molecule has 490 valence electrons. The van der Waals surface area contributed by atoms with Gasteiger partial charge in [0.05, 0.1) is 0 Å². The number of carbonyl (C=O) groups excluding carboxylic acids is 3. The normalized spacial score (nSPS) is 12.1. The Kier molecular flexibility index (Phi) is 70.5. The highest BCUT2D eigenvalue weighted by molar-refractivity contribution is 5.71. The topological polar surface area (TPSA) is 78.9 Å². The van der Waals surface area contributed by atoms with E-state index >= 15 is 0 Å². The third kappa shape index (κ3) is 70.5. The van der Waals surface area contributed by atoms with Crippen molar-refractivity contribution in [2.45, 2.75) is 438 Å². The van der Waals surface area contributed by atoms with Crippen molar-refractivity contribution in [1.82, 2.24) is 0 Å². The molecule has 0 N–H and O–H groups in total. The van der Waals surface area contributed by atoms with Crippen LogP contribution in [0.4, 0.5) is 0 Å². The summed E-state index contributed by atoms with van der Waals surface area (Å²) >= 11 is 0. The number of ether oxygens (including phenoxy) is 3. The second-order valence-electron chi connectivity index (χ2n) is 25.9. The summed E-state index contributed by atoms with van der Waals surface area (Å²) in [5.74, 6) is -0.850. The summed E-state index contributed by atoms with van der Waals surface area (Å²) < 4.78 is 17.0. The monoisotopic (exact) mass is 1170 g/mol. The molecule has 0 aromatic rings. The van der Waals surface area contributed by atoms with Gasteiger partial charge in [0, 0.05) is 19.3 Å². The number of carbonyl (C=O) groups is 3. The van der Waals surface area contributed by atoms with Crippen molar-refractivity contribution in [2.75, 3.05) is 13.2 Å². The lowest BCUT2D eigenvalue weighted by Gasteiger charge is -2.18. The second kappa shape index (κ2) is 72.4. The zero-order chi connectivity index (χ0) is 59.9. The van der Waals surface area contributed by atoms with E-state index in [1.165, 1.54) is 321 Å². The Balaban J connectivity index is 4.05. The van der Waals surface area contributed by atoms with Gasteiger partial charge in [0.2, 0.25) is 0 Å². The molecule has 0 saturated heterocycles. The van der Waals surface area contributed by atoms with Crippen LogP contribution in [0.3, 0.4) is 0 Å². The van der Waals surface area contributed by atoms with Crippen molar-refractivity contribution in [2.24, 2.45) is 0 Å². The predicted octanol–water partition coefficient (Wildman–Crippen LogP) is 26.1. The minimum absolute atomic E-state index is 0.0688. The van der Waals surface area contributed by atoms with Gasteiger partial charge < -0.3 is 14.2 Å². The summed E-state index contributed by atoms with van der Waals surface area (Å²) in [5.41, 5.74) is 0. The molecule has 0 bridgehead atoms. The highest BCUT2D eigenvalue weighted by Crippen LogP contribution is 2.19. The first-order valence-corrected chi connectivity index (χ1v) is 37.8. The molecule has 6 heteroatoms. The van der Waals surface area contributed by atoms with Gasteiger partial charge in [-0.1, -0.05) is 373 Å². The number of rotatable bonds is 71. The largest absolute Gasteiger partial charge is 0.462 e. The average molecular weight is 1170 g/mol. The third-order valence-corrected chi connectivity index (χ3v) is 17.4. The van der Waals surface area contributed by atoms with Crippen LogP contribution in [-0.2, 0) is 28.6 Å². The van der Waals surface area contributed by atoms with Crippen LogP contribution in [0.25, 0.3) is 0 Å². The Morgan fingerprint density at radius 2 is 0.422 bits per heavy atom. The summed E-state index contributed by atoms with van der Waals surface area (Å²) in [7, 11) is 0. The maximum absolute atomic E-state index is 12.9. The van der Waals surface area contributed by atoms with Gasteiger partial charge in [-0.15, -0.1) is 0 Å². The fourth-order valence-corrected chi connectivity index (χ4v) is 11.7. The van der Waals surface area contributed by atoms with Crippen molar-refractivity contribution in [3.63, 3.8) is 0 Å². The van der Waals surface area contributed by atoms with Gasteiger partial charge in [0.15, 0.2) is 6.10 Å². The Bertz CT molecular complexity index is 1340. The van der Waals surface area contributed by atoms with E-state index in [0.717, 1.165) is 70.6 Å². The number of hydrogen-bond acceptors (Lipinski definition) is 6. The Labute approximate surface area is 519 Å². The molecule has 0 aromatic heterocycles. The van der Waals surface area contributed by atoms with Crippen LogP contribution in [-0.4, -0.2) is 37.2 Å². The standard InChI is InChI=1S/C77H146O6/c1-4-7-10-13-16-19-22-24-26-28-30-32-34-35-36-37-38-39-40-41-42-44-45-47-49-51-53-55-58-61-64-67-70-76(79)82-73-74(72-81-75(78)69-66-63-60-57-21-18-15-12-9-6-3)83-77(80)71-68-65-62-59-56-54-52-50-48-46-43-33-31-29-27-25-23-20-17-14-11-8-5-2/h12,15,29,31,74H,4-11,13-14,16-28,30,32-73H2,1-3H3/b15-12-,31-29-. The smallest absolute Gasteiger partial charge is 0.306 e. The van der Waals surface area contributed by atoms with Crippen molar-refractivity contribution in [1.29, 1.82) is 0 Å². The van der Waals surface area contributed by atoms with Crippen molar-refractivity contribution in [3.8, 4) is 0 Å². The van der Waals surface area contributed by atoms with Crippen LogP contribution in [0.2, 0.25) is 0 Å². The lowest BCUT2D eigenvalue weighted by Crippen LogP contribution is -2.30. The van der Waals surface area contributed by atoms with E-state index in [-0.39, 0.29) is 31.1 Å². The van der Waals surface area contributed by atoms with Gasteiger partial charge in [0.25, 0.3) is 0 Å². The molecule has 0 heterocycles. The van der Waals surface area contributed by atoms with Crippen LogP contribution in [0.1, 0.15) is 432 Å². The molecule has 0 rings (SSSR count). The number of esters is 3. The molecular weight excluding hydrogens is 1020 g/mol. The lowest BCUT2D eigenvalue weighted by molar-refractivity contribution is -0.167. The molecule has 1 unspecified atom stereocenters. The minimum atomic E-state index is -0.773. The first-order valence-electron chi connectivity index (χ1n) is 37.8. The molecular formula is C77H146O6. The van der Waals surface area contributed by atoms with E-state index in [1.54, 1.807) is 0 Å². The molecule has 0 aliphatic carbocycles. The van der Waals surface area contributed by atoms with E-state index in [1.807, 2.05) is 0 Å². The van der Waals surface area contributed by atoms with E-state index < -0.39 is 6.10 Å². The van der Waals surface area contributed by atoms with Gasteiger partial charge >= 0.3 is 17.9 Å². The number of allylic oxidation sites excluding steroid dienone is 4. The Morgan fingerprint density at radius 3 is 0.651 bits per heavy atom. The lowest BCUT2D eigenvalue weighted by atomic mass is 10.0. The predicted molar refractivity (Wildman–Crippen MR) is 363 cm³/mol. The quantitative estimate of drug-likeness (QED) is 0.0261. The van der Waals surface area contributed by atoms with Crippen molar-refractivity contribution >= 4 is 17.9 Å². The van der Waals surface area contributed by atoms with Gasteiger partial charge in [0.1, 0.15) is 13.2 Å². The van der Waals surface area contributed by atoms with Crippen LogP contribution in [0, 0.1) is 0 Å². The summed E-state index contributed by atoms with van der Waals surface area (Å²) in [6.45, 7) is 6.65. The van der Waals surface area contributed by atoms with Gasteiger partial charge in [-0.2, -0.15) is 0 Å². The molecule has 0 spiro atoms. The third-order valence-electron chi connectivity index (χ3n) is 17.4. The van der Waals surface area contributed by atoms with E-state index in [0.29, 0.717) is 19.3 Å². The van der Waals surface area contributed by atoms with Crippen LogP contribution in [0.15, 0.2) is 24.3 Å². The van der Waals surface area contributed by atoms with Gasteiger partial charge in [-0.05, 0) is 64.2 Å². The summed E-state index contributed by atoms with van der Waals surface area (Å²) in [5, 5.41) is 0. The molecule has 0 aliphatic heterocycles. The van der Waals surface area contributed by atoms with Crippen molar-refractivity contribution in [3.05, 3.63) is 24.3 Å². The minimum Gasteiger partial charge on any atom is -0.462 e. The molecule has 0 aliphatic rings. The van der Waals surface area contributed by atoms with E-state index in [4.69, 9.17) is 14.2 Å². The van der Waals surface area contributed by atoms with E-state index in [2.05, 4.69) is 45.1 Å². The molecule has 0 saturated carbocycles. The maximum atomic E-state index is 12.9. The van der Waals surface area contributed by atoms with Crippen LogP contribution in [0.5, 0.6) is 0 Å². The second-order valence-corrected chi connectivity index (χ2v) is 25.9. The van der Waals surface area contributed by atoms with Crippen LogP contribution < -0.4 is 0 Å². The first kappa shape index (κ1) is 80.9. The van der Waals surface area contributed by atoms with Crippen LogP contribution >= 0.6 is 0 Å².